The van der Waals surface area contributed by atoms with E-state index in [1.807, 2.05) is 0 Å². The second kappa shape index (κ2) is 5.48. The fraction of sp³-hybridized carbons (Fsp3) is 0.364. The molecule has 1 aromatic carbocycles. The first kappa shape index (κ1) is 14.0. The lowest BCUT2D eigenvalue weighted by Crippen LogP contribution is -2.42. The Hall–Kier alpha value is -1.11. The number of hydrogen-bond acceptors (Lipinski definition) is 4. The molecule has 0 spiro atoms. The highest BCUT2D eigenvalue weighted by atomic mass is 79.9. The number of aromatic carboxylic acids is 1. The summed E-state index contributed by atoms with van der Waals surface area (Å²) < 4.78 is 0.438. The maximum Gasteiger partial charge on any atom is 0.336 e. The van der Waals surface area contributed by atoms with E-state index in [4.69, 9.17) is 15.3 Å². The molecule has 94 valence electrons. The number of rotatable bonds is 5. The van der Waals surface area contributed by atoms with Crippen molar-refractivity contribution in [2.45, 2.75) is 12.5 Å². The number of anilines is 1. The van der Waals surface area contributed by atoms with Crippen LogP contribution in [-0.4, -0.2) is 40.0 Å². The minimum Gasteiger partial charge on any atom is -0.478 e. The third-order valence-corrected chi connectivity index (χ3v) is 3.00. The summed E-state index contributed by atoms with van der Waals surface area (Å²) >= 11 is 3.15. The summed E-state index contributed by atoms with van der Waals surface area (Å²) in [7, 11) is 0. The Bertz CT molecular complexity index is 418. The van der Waals surface area contributed by atoms with Crippen molar-refractivity contribution in [1.29, 1.82) is 0 Å². The van der Waals surface area contributed by atoms with E-state index in [0.717, 1.165) is 0 Å². The van der Waals surface area contributed by atoms with Gasteiger partial charge in [0.15, 0.2) is 0 Å². The first-order valence-electron chi connectivity index (χ1n) is 4.94. The predicted molar refractivity (Wildman–Crippen MR) is 67.3 cm³/mol. The number of carboxylic acid groups (broad SMARTS) is 1. The Labute approximate surface area is 107 Å². The number of carboxylic acids is 1. The van der Waals surface area contributed by atoms with E-state index < -0.39 is 11.5 Å². The molecule has 0 heterocycles. The summed E-state index contributed by atoms with van der Waals surface area (Å²) in [5.41, 5.74) is -0.0674. The summed E-state index contributed by atoms with van der Waals surface area (Å²) in [6.07, 6.45) is 0. The third kappa shape index (κ3) is 3.42. The smallest absolute Gasteiger partial charge is 0.336 e. The van der Waals surface area contributed by atoms with Crippen molar-refractivity contribution in [1.82, 2.24) is 0 Å². The quantitative estimate of drug-likeness (QED) is 0.658. The second-order valence-corrected chi connectivity index (χ2v) is 4.86. The van der Waals surface area contributed by atoms with Gasteiger partial charge in [-0.05, 0) is 41.1 Å². The monoisotopic (exact) mass is 303 g/mol. The molecule has 5 nitrogen and oxygen atoms in total. The van der Waals surface area contributed by atoms with Crippen LogP contribution in [0.2, 0.25) is 0 Å². The van der Waals surface area contributed by atoms with Crippen LogP contribution in [0, 0.1) is 0 Å². The molecule has 0 atom stereocenters. The van der Waals surface area contributed by atoms with Crippen LogP contribution >= 0.6 is 15.9 Å². The van der Waals surface area contributed by atoms with E-state index in [0.29, 0.717) is 10.2 Å². The molecule has 6 heteroatoms. The van der Waals surface area contributed by atoms with Crippen molar-refractivity contribution in [3.05, 3.63) is 28.2 Å². The maximum absolute atomic E-state index is 10.8. The molecular weight excluding hydrogens is 290 g/mol. The van der Waals surface area contributed by atoms with Gasteiger partial charge in [-0.1, -0.05) is 0 Å². The van der Waals surface area contributed by atoms with Crippen molar-refractivity contribution in [2.24, 2.45) is 0 Å². The van der Waals surface area contributed by atoms with E-state index in [-0.39, 0.29) is 18.8 Å². The van der Waals surface area contributed by atoms with E-state index in [2.05, 4.69) is 21.2 Å². The third-order valence-electron chi connectivity index (χ3n) is 2.34. The standard InChI is InChI=1S/C11H14BrNO4/c1-11(5-14,6-15)13-7-2-3-8(10(16)17)9(12)4-7/h2-4,13-15H,5-6H2,1H3,(H,16,17). The lowest BCUT2D eigenvalue weighted by molar-refractivity contribution is 0.0696. The minimum absolute atomic E-state index is 0.158. The summed E-state index contributed by atoms with van der Waals surface area (Å²) in [5, 5.41) is 30.1. The first-order chi connectivity index (χ1) is 7.91. The van der Waals surface area contributed by atoms with E-state index in [1.54, 1.807) is 19.1 Å². The van der Waals surface area contributed by atoms with Crippen molar-refractivity contribution in [3.63, 3.8) is 0 Å². The number of carbonyl (C=O) groups is 1. The molecule has 0 amide bonds. The zero-order valence-electron chi connectivity index (χ0n) is 9.27. The second-order valence-electron chi connectivity index (χ2n) is 4.00. The summed E-state index contributed by atoms with van der Waals surface area (Å²) in [5.74, 6) is -1.02. The first-order valence-corrected chi connectivity index (χ1v) is 5.74. The molecule has 0 aromatic heterocycles. The highest BCUT2D eigenvalue weighted by molar-refractivity contribution is 9.10. The molecule has 0 saturated carbocycles. The largest absolute Gasteiger partial charge is 0.478 e. The van der Waals surface area contributed by atoms with Crippen LogP contribution in [-0.2, 0) is 0 Å². The van der Waals surface area contributed by atoms with Crippen molar-refractivity contribution in [2.75, 3.05) is 18.5 Å². The van der Waals surface area contributed by atoms with E-state index in [9.17, 15) is 4.79 Å². The Kier molecular flexibility index (Phi) is 4.50. The van der Waals surface area contributed by atoms with Gasteiger partial charge in [0, 0.05) is 10.2 Å². The van der Waals surface area contributed by atoms with E-state index in [1.165, 1.54) is 6.07 Å². The molecule has 0 radical (unpaired) electrons. The normalized spacial score (nSPS) is 11.3. The number of halogens is 1. The lowest BCUT2D eigenvalue weighted by atomic mass is 10.0. The topological polar surface area (TPSA) is 89.8 Å². The molecule has 4 N–H and O–H groups in total. The van der Waals surface area contributed by atoms with Gasteiger partial charge in [0.2, 0.25) is 0 Å². The number of aliphatic hydroxyl groups is 2. The zero-order chi connectivity index (χ0) is 13.1. The summed E-state index contributed by atoms with van der Waals surface area (Å²) in [6.45, 7) is 1.19. The van der Waals surface area contributed by atoms with Gasteiger partial charge in [-0.3, -0.25) is 0 Å². The van der Waals surface area contributed by atoms with Crippen LogP contribution in [0.5, 0.6) is 0 Å². The summed E-state index contributed by atoms with van der Waals surface area (Å²) in [4.78, 5) is 10.8. The number of nitrogens with one attached hydrogen (secondary N) is 1. The highest BCUT2D eigenvalue weighted by Gasteiger charge is 2.22. The van der Waals surface area contributed by atoms with Gasteiger partial charge >= 0.3 is 5.97 Å². The van der Waals surface area contributed by atoms with Gasteiger partial charge in [-0.2, -0.15) is 0 Å². The zero-order valence-corrected chi connectivity index (χ0v) is 10.9. The van der Waals surface area contributed by atoms with Crippen LogP contribution in [0.4, 0.5) is 5.69 Å². The maximum atomic E-state index is 10.8. The summed E-state index contributed by atoms with van der Waals surface area (Å²) in [6, 6.07) is 4.62. The Balaban J connectivity index is 2.95. The van der Waals surface area contributed by atoms with Crippen LogP contribution in [0.25, 0.3) is 0 Å². The average Bonchev–Trinajstić information content (AvgIpc) is 2.28. The molecule has 0 aliphatic rings. The van der Waals surface area contributed by atoms with Gasteiger partial charge in [-0.15, -0.1) is 0 Å². The minimum atomic E-state index is -1.02. The van der Waals surface area contributed by atoms with Crippen LogP contribution < -0.4 is 5.32 Å². The Morgan fingerprint density at radius 2 is 2.00 bits per heavy atom. The fourth-order valence-electron chi connectivity index (χ4n) is 1.24. The van der Waals surface area contributed by atoms with Gasteiger partial charge in [0.25, 0.3) is 0 Å². The Morgan fingerprint density at radius 3 is 2.41 bits per heavy atom. The molecule has 0 unspecified atom stereocenters. The molecule has 0 aliphatic carbocycles. The van der Waals surface area contributed by atoms with Crippen molar-refractivity contribution < 1.29 is 20.1 Å². The van der Waals surface area contributed by atoms with E-state index >= 15 is 0 Å². The van der Waals surface area contributed by atoms with Crippen molar-refractivity contribution in [3.8, 4) is 0 Å². The molecule has 1 aromatic rings. The fourth-order valence-corrected chi connectivity index (χ4v) is 1.79. The Morgan fingerprint density at radius 1 is 1.41 bits per heavy atom. The van der Waals surface area contributed by atoms with Gasteiger partial charge in [0.05, 0.1) is 24.3 Å². The number of hydrogen-bond donors (Lipinski definition) is 4. The molecular formula is C11H14BrNO4. The lowest BCUT2D eigenvalue weighted by Gasteiger charge is -2.27. The SMILES string of the molecule is CC(CO)(CO)Nc1ccc(C(=O)O)c(Br)c1. The van der Waals surface area contributed by atoms with Crippen molar-refractivity contribution >= 4 is 27.6 Å². The number of benzene rings is 1. The molecule has 0 saturated heterocycles. The molecule has 0 bridgehead atoms. The van der Waals surface area contributed by atoms with Crippen LogP contribution in [0.3, 0.4) is 0 Å². The average molecular weight is 304 g/mol. The highest BCUT2D eigenvalue weighted by Crippen LogP contribution is 2.23. The molecule has 17 heavy (non-hydrogen) atoms. The number of aliphatic hydroxyl groups excluding tert-OH is 2. The van der Waals surface area contributed by atoms with Gasteiger partial charge in [0.1, 0.15) is 0 Å². The van der Waals surface area contributed by atoms with Crippen LogP contribution in [0.1, 0.15) is 17.3 Å². The predicted octanol–water partition coefficient (Wildman–Crippen LogP) is 1.30. The van der Waals surface area contributed by atoms with Gasteiger partial charge < -0.3 is 20.6 Å². The molecule has 0 fully saturated rings. The molecule has 1 rings (SSSR count). The van der Waals surface area contributed by atoms with Gasteiger partial charge in [-0.25, -0.2) is 4.79 Å². The molecule has 0 aliphatic heterocycles. The van der Waals surface area contributed by atoms with Crippen LogP contribution in [0.15, 0.2) is 22.7 Å².